The minimum atomic E-state index is -0.167. The molecule has 0 spiro atoms. The highest BCUT2D eigenvalue weighted by molar-refractivity contribution is 5.88. The molecule has 5 heteroatoms. The largest absolute Gasteiger partial charge is 0.454 e. The van der Waals surface area contributed by atoms with E-state index < -0.39 is 0 Å². The van der Waals surface area contributed by atoms with Gasteiger partial charge in [-0.25, -0.2) is 0 Å². The number of nitrogens with zero attached hydrogens (tertiary/aromatic N) is 1. The lowest BCUT2D eigenvalue weighted by atomic mass is 9.94. The maximum Gasteiger partial charge on any atom is 0.151 e. The zero-order valence-electron chi connectivity index (χ0n) is 28.3. The molecule has 6 aromatic rings. The van der Waals surface area contributed by atoms with E-state index in [2.05, 4.69) is 184 Å². The summed E-state index contributed by atoms with van der Waals surface area (Å²) in [5.41, 5.74) is 19.5. The molecule has 0 saturated carbocycles. The molecule has 0 aromatic heterocycles. The minimum absolute atomic E-state index is 0.0355. The summed E-state index contributed by atoms with van der Waals surface area (Å²) in [7, 11) is 0. The van der Waals surface area contributed by atoms with Crippen LogP contribution in [0.1, 0.15) is 35.1 Å². The van der Waals surface area contributed by atoms with Gasteiger partial charge in [-0.15, -0.1) is 0 Å². The summed E-state index contributed by atoms with van der Waals surface area (Å²) in [6.45, 7) is 0. The standard InChI is InChI=1S/C47H34N4O/c1-3-14-31(15-4-1)33-18-11-20-35(28-33)41-30-40(32-16-5-2-6-17-32)48-46(49-41)36-21-12-19-34(29-36)37-22-13-23-38-45(37)52-44-27-10-9-26-43(44)51-42-25-8-7-24-39(42)50-47(38)51/h1,3-5,7-30,41,46-50H. The van der Waals surface area contributed by atoms with E-state index in [1.54, 1.807) is 0 Å². The van der Waals surface area contributed by atoms with Gasteiger partial charge in [0, 0.05) is 22.4 Å². The predicted molar refractivity (Wildman–Crippen MR) is 209 cm³/mol. The third-order valence-corrected chi connectivity index (χ3v) is 10.2. The van der Waals surface area contributed by atoms with Gasteiger partial charge in [-0.2, -0.15) is 0 Å². The van der Waals surface area contributed by atoms with Gasteiger partial charge in [-0.05, 0) is 88.5 Å². The molecule has 0 saturated heterocycles. The first-order valence-corrected chi connectivity index (χ1v) is 17.7. The Bertz CT molecular complexity index is 2540. The highest BCUT2D eigenvalue weighted by Crippen LogP contribution is 2.55. The van der Waals surface area contributed by atoms with Crippen LogP contribution in [0.4, 0.5) is 17.1 Å². The average Bonchev–Trinajstić information content (AvgIpc) is 3.54. The first-order chi connectivity index (χ1) is 25.8. The van der Waals surface area contributed by atoms with Gasteiger partial charge in [0.15, 0.2) is 5.75 Å². The van der Waals surface area contributed by atoms with Crippen LogP contribution in [0.5, 0.6) is 11.5 Å². The molecule has 0 bridgehead atoms. The molecule has 6 aromatic carbocycles. The first-order valence-electron chi connectivity index (χ1n) is 17.7. The van der Waals surface area contributed by atoms with E-state index in [-0.39, 0.29) is 18.4 Å². The van der Waals surface area contributed by atoms with E-state index in [1.807, 2.05) is 18.2 Å². The number of nitrogens with one attached hydrogen (secondary N) is 3. The molecule has 3 unspecified atom stereocenters. The van der Waals surface area contributed by atoms with Gasteiger partial charge in [0.2, 0.25) is 0 Å². The Morgan fingerprint density at radius 3 is 2.25 bits per heavy atom. The fraction of sp³-hybridized carbons (Fsp3) is 0.0638. The molecule has 0 amide bonds. The van der Waals surface area contributed by atoms with E-state index in [0.717, 1.165) is 62.1 Å². The van der Waals surface area contributed by atoms with Crippen LogP contribution in [-0.2, 0) is 0 Å². The van der Waals surface area contributed by atoms with Crippen LogP contribution >= 0.6 is 0 Å². The fourth-order valence-electron chi connectivity index (χ4n) is 7.74. The Hall–Kier alpha value is -6.74. The zero-order valence-corrected chi connectivity index (χ0v) is 28.3. The van der Waals surface area contributed by atoms with Crippen molar-refractivity contribution in [1.29, 1.82) is 0 Å². The average molecular weight is 671 g/mol. The summed E-state index contributed by atoms with van der Waals surface area (Å²) >= 11 is 0. The second-order valence-corrected chi connectivity index (χ2v) is 13.4. The number of benzene rings is 6. The molecule has 10 rings (SSSR count). The molecular weight excluding hydrogens is 637 g/mol. The molecule has 0 radical (unpaired) electrons. The summed E-state index contributed by atoms with van der Waals surface area (Å²) in [6, 6.07) is 51.4. The van der Waals surface area contributed by atoms with Crippen LogP contribution in [0, 0.1) is 0 Å². The van der Waals surface area contributed by atoms with E-state index in [0.29, 0.717) is 0 Å². The van der Waals surface area contributed by atoms with E-state index >= 15 is 0 Å². The summed E-state index contributed by atoms with van der Waals surface area (Å²) in [4.78, 5) is 2.35. The Morgan fingerprint density at radius 2 is 1.37 bits per heavy atom. The number of ether oxygens (including phenoxy) is 1. The number of fused-ring (bicyclic) bond motifs is 7. The lowest BCUT2D eigenvalue weighted by Gasteiger charge is -2.33. The summed E-state index contributed by atoms with van der Waals surface area (Å²) in [5.74, 6) is 1.69. The smallest absolute Gasteiger partial charge is 0.151 e. The molecule has 0 fully saturated rings. The molecular formula is C47H34N4O. The van der Waals surface area contributed by atoms with Crippen molar-refractivity contribution < 1.29 is 4.74 Å². The maximum atomic E-state index is 6.89. The Kier molecular flexibility index (Phi) is 7.26. The number of rotatable bonds is 5. The third kappa shape index (κ3) is 5.25. The second-order valence-electron chi connectivity index (χ2n) is 13.4. The molecule has 52 heavy (non-hydrogen) atoms. The molecule has 3 N–H and O–H groups in total. The first kappa shape index (κ1) is 30.1. The minimum Gasteiger partial charge on any atom is -0.454 e. The molecule has 3 aliphatic heterocycles. The molecule has 4 aliphatic rings. The number of hydrogen-bond acceptors (Lipinski definition) is 5. The van der Waals surface area contributed by atoms with Crippen molar-refractivity contribution in [1.82, 2.24) is 10.6 Å². The summed E-state index contributed by atoms with van der Waals surface area (Å²) in [6.07, 6.45) is 7.98. The molecule has 3 atom stereocenters. The van der Waals surface area contributed by atoms with Gasteiger partial charge in [0.1, 0.15) is 18.1 Å². The van der Waals surface area contributed by atoms with Crippen LogP contribution in [0.25, 0.3) is 22.3 Å². The maximum absolute atomic E-state index is 6.89. The van der Waals surface area contributed by atoms with Crippen molar-refractivity contribution in [3.05, 3.63) is 209 Å². The highest BCUT2D eigenvalue weighted by atomic mass is 16.5. The van der Waals surface area contributed by atoms with Crippen LogP contribution in [-0.4, -0.2) is 0 Å². The topological polar surface area (TPSA) is 48.6 Å². The Balaban J connectivity index is 1.04. The van der Waals surface area contributed by atoms with Crippen molar-refractivity contribution >= 4 is 17.1 Å². The van der Waals surface area contributed by atoms with E-state index in [1.165, 1.54) is 16.7 Å². The summed E-state index contributed by atoms with van der Waals surface area (Å²) < 4.78 is 6.89. The van der Waals surface area contributed by atoms with Gasteiger partial charge < -0.3 is 20.3 Å². The third-order valence-electron chi connectivity index (χ3n) is 10.2. The van der Waals surface area contributed by atoms with Crippen LogP contribution in [0.2, 0.25) is 0 Å². The normalized spacial score (nSPS) is 19.1. The van der Waals surface area contributed by atoms with E-state index in [9.17, 15) is 0 Å². The van der Waals surface area contributed by atoms with Gasteiger partial charge in [0.05, 0.1) is 23.1 Å². The molecule has 1 aliphatic carbocycles. The predicted octanol–water partition coefficient (Wildman–Crippen LogP) is 11.0. The number of anilines is 3. The summed E-state index contributed by atoms with van der Waals surface area (Å²) in [5, 5.41) is 11.5. The van der Waals surface area contributed by atoms with E-state index in [4.69, 9.17) is 4.74 Å². The monoisotopic (exact) mass is 670 g/mol. The molecule has 3 heterocycles. The van der Waals surface area contributed by atoms with Crippen molar-refractivity contribution in [3.8, 4) is 33.8 Å². The fourth-order valence-corrected chi connectivity index (χ4v) is 7.74. The zero-order chi connectivity index (χ0) is 34.4. The lowest BCUT2D eigenvalue weighted by molar-refractivity contribution is 0.420. The van der Waals surface area contributed by atoms with Crippen molar-refractivity contribution in [3.63, 3.8) is 0 Å². The van der Waals surface area contributed by atoms with Crippen LogP contribution in [0.3, 0.4) is 0 Å². The Morgan fingerprint density at radius 1 is 0.615 bits per heavy atom. The lowest BCUT2D eigenvalue weighted by Crippen LogP contribution is -2.40. The number of hydrogen-bond donors (Lipinski definition) is 3. The quantitative estimate of drug-likeness (QED) is 0.159. The SMILES string of the molecule is C1=C=CC(C2=CC(c3cccc(-c4ccccc4)c3)NC(c3cccc(-c4cccc5c4Oc4ccccc4N4c6ccccc6NC54)c3)N2)=CC=1. The second kappa shape index (κ2) is 12.5. The number of allylic oxidation sites excluding steroid dienone is 3. The van der Waals surface area contributed by atoms with Gasteiger partial charge in [-0.3, -0.25) is 5.32 Å². The molecule has 248 valence electrons. The highest BCUT2D eigenvalue weighted by Gasteiger charge is 2.37. The number of para-hydroxylation sites is 5. The Labute approximate surface area is 303 Å². The van der Waals surface area contributed by atoms with Crippen LogP contribution in [0.15, 0.2) is 193 Å². The van der Waals surface area contributed by atoms with Crippen molar-refractivity contribution in [2.45, 2.75) is 18.4 Å². The van der Waals surface area contributed by atoms with Gasteiger partial charge >= 0.3 is 0 Å². The van der Waals surface area contributed by atoms with Crippen molar-refractivity contribution in [2.75, 3.05) is 10.2 Å². The van der Waals surface area contributed by atoms with Crippen molar-refractivity contribution in [2.24, 2.45) is 0 Å². The van der Waals surface area contributed by atoms with Gasteiger partial charge in [0.25, 0.3) is 0 Å². The molecule has 5 nitrogen and oxygen atoms in total. The van der Waals surface area contributed by atoms with Crippen LogP contribution < -0.4 is 25.6 Å². The van der Waals surface area contributed by atoms with Gasteiger partial charge in [-0.1, -0.05) is 121 Å².